The SMILES string of the molecule is Cc1cc(O)cc(C)c1/N=N/c1ccc(S(=O)(=O)O)cc1. The lowest BCUT2D eigenvalue weighted by Gasteiger charge is -2.04. The van der Waals surface area contributed by atoms with Crippen molar-refractivity contribution in [2.45, 2.75) is 18.7 Å². The molecule has 2 rings (SSSR count). The second-order valence-electron chi connectivity index (χ2n) is 4.60. The van der Waals surface area contributed by atoms with E-state index < -0.39 is 10.1 Å². The van der Waals surface area contributed by atoms with E-state index in [1.807, 2.05) is 13.8 Å². The summed E-state index contributed by atoms with van der Waals surface area (Å²) in [6.45, 7) is 3.62. The van der Waals surface area contributed by atoms with Gasteiger partial charge >= 0.3 is 0 Å². The monoisotopic (exact) mass is 306 g/mol. The van der Waals surface area contributed by atoms with Crippen LogP contribution in [0.3, 0.4) is 0 Å². The smallest absolute Gasteiger partial charge is 0.294 e. The topological polar surface area (TPSA) is 99.3 Å². The Morgan fingerprint density at radius 1 is 0.952 bits per heavy atom. The van der Waals surface area contributed by atoms with Crippen LogP contribution in [0.1, 0.15) is 11.1 Å². The normalized spacial score (nSPS) is 12.0. The van der Waals surface area contributed by atoms with Crippen LogP contribution in [0.5, 0.6) is 5.75 Å². The minimum Gasteiger partial charge on any atom is -0.508 e. The molecule has 0 aliphatic carbocycles. The van der Waals surface area contributed by atoms with Crippen LogP contribution in [0.25, 0.3) is 0 Å². The van der Waals surface area contributed by atoms with Crippen molar-refractivity contribution in [3.8, 4) is 5.75 Å². The average molecular weight is 306 g/mol. The molecule has 2 aromatic carbocycles. The van der Waals surface area contributed by atoms with E-state index >= 15 is 0 Å². The molecular weight excluding hydrogens is 292 g/mol. The van der Waals surface area contributed by atoms with E-state index in [2.05, 4.69) is 10.2 Å². The first-order valence-corrected chi connectivity index (χ1v) is 7.51. The summed E-state index contributed by atoms with van der Waals surface area (Å²) in [6.07, 6.45) is 0. The van der Waals surface area contributed by atoms with Crippen LogP contribution in [0.15, 0.2) is 51.5 Å². The van der Waals surface area contributed by atoms with Crippen LogP contribution in [0, 0.1) is 13.8 Å². The number of phenols is 1. The summed E-state index contributed by atoms with van der Waals surface area (Å²) in [4.78, 5) is -0.196. The summed E-state index contributed by atoms with van der Waals surface area (Å²) in [5.41, 5.74) is 2.66. The maximum absolute atomic E-state index is 10.9. The number of azo groups is 1. The Kier molecular flexibility index (Phi) is 4.06. The zero-order valence-corrected chi connectivity index (χ0v) is 12.3. The number of hydrogen-bond acceptors (Lipinski definition) is 5. The van der Waals surface area contributed by atoms with Crippen LogP contribution in [0.4, 0.5) is 11.4 Å². The van der Waals surface area contributed by atoms with E-state index in [9.17, 15) is 13.5 Å². The molecule has 0 saturated carbocycles. The minimum absolute atomic E-state index is 0.168. The Labute approximate surface area is 122 Å². The fourth-order valence-corrected chi connectivity index (χ4v) is 2.36. The third-order valence-corrected chi connectivity index (χ3v) is 3.74. The van der Waals surface area contributed by atoms with E-state index in [0.29, 0.717) is 11.4 Å². The van der Waals surface area contributed by atoms with E-state index in [0.717, 1.165) is 11.1 Å². The Balaban J connectivity index is 2.30. The molecule has 0 bridgehead atoms. The van der Waals surface area contributed by atoms with Crippen molar-refractivity contribution in [1.29, 1.82) is 0 Å². The Morgan fingerprint density at radius 2 is 1.48 bits per heavy atom. The Bertz CT molecular complexity index is 773. The quantitative estimate of drug-likeness (QED) is 0.667. The Morgan fingerprint density at radius 3 is 1.95 bits per heavy atom. The van der Waals surface area contributed by atoms with Gasteiger partial charge in [0.15, 0.2) is 0 Å². The Hall–Kier alpha value is -2.25. The van der Waals surface area contributed by atoms with E-state index in [4.69, 9.17) is 4.55 Å². The summed E-state index contributed by atoms with van der Waals surface area (Å²) < 4.78 is 30.7. The lowest BCUT2D eigenvalue weighted by molar-refractivity contribution is 0.474. The van der Waals surface area contributed by atoms with Crippen molar-refractivity contribution in [3.63, 3.8) is 0 Å². The fraction of sp³-hybridized carbons (Fsp3) is 0.143. The lowest BCUT2D eigenvalue weighted by atomic mass is 10.1. The molecule has 0 spiro atoms. The number of nitrogens with zero attached hydrogens (tertiary/aromatic N) is 2. The van der Waals surface area contributed by atoms with Crippen LogP contribution in [0.2, 0.25) is 0 Å². The predicted octanol–water partition coefficient (Wildman–Crippen LogP) is 3.67. The van der Waals surface area contributed by atoms with Gasteiger partial charge in [0.25, 0.3) is 10.1 Å². The molecule has 0 saturated heterocycles. The first-order chi connectivity index (χ1) is 9.77. The van der Waals surface area contributed by atoms with Crippen molar-refractivity contribution in [1.82, 2.24) is 0 Å². The standard InChI is InChI=1S/C14H14N2O4S/c1-9-7-12(17)8-10(2)14(9)16-15-11-3-5-13(6-4-11)21(18,19)20/h3-8,17H,1-2H3,(H,18,19,20)/b16-15+. The molecule has 21 heavy (non-hydrogen) atoms. The molecule has 0 amide bonds. The van der Waals surface area contributed by atoms with Gasteiger partial charge in [0, 0.05) is 0 Å². The van der Waals surface area contributed by atoms with Gasteiger partial charge in [-0.15, -0.1) is 0 Å². The van der Waals surface area contributed by atoms with Crippen molar-refractivity contribution >= 4 is 21.5 Å². The van der Waals surface area contributed by atoms with Gasteiger partial charge in [-0.05, 0) is 61.4 Å². The van der Waals surface area contributed by atoms with Crippen LogP contribution >= 0.6 is 0 Å². The largest absolute Gasteiger partial charge is 0.508 e. The molecule has 0 atom stereocenters. The van der Waals surface area contributed by atoms with Gasteiger partial charge in [-0.25, -0.2) is 0 Å². The fourth-order valence-electron chi connectivity index (χ4n) is 1.88. The highest BCUT2D eigenvalue weighted by Gasteiger charge is 2.08. The highest BCUT2D eigenvalue weighted by Crippen LogP contribution is 2.29. The van der Waals surface area contributed by atoms with Crippen LogP contribution in [-0.2, 0) is 10.1 Å². The molecule has 0 aliphatic rings. The van der Waals surface area contributed by atoms with Gasteiger partial charge in [0.2, 0.25) is 0 Å². The second-order valence-corrected chi connectivity index (χ2v) is 6.02. The molecule has 0 heterocycles. The molecule has 0 aliphatic heterocycles. The molecule has 0 radical (unpaired) electrons. The van der Waals surface area contributed by atoms with Crippen molar-refractivity contribution in [2.24, 2.45) is 10.2 Å². The highest BCUT2D eigenvalue weighted by molar-refractivity contribution is 7.85. The number of aromatic hydroxyl groups is 1. The van der Waals surface area contributed by atoms with Crippen molar-refractivity contribution in [2.75, 3.05) is 0 Å². The van der Waals surface area contributed by atoms with E-state index in [1.54, 1.807) is 12.1 Å². The highest BCUT2D eigenvalue weighted by atomic mass is 32.2. The zero-order chi connectivity index (χ0) is 15.6. The first-order valence-electron chi connectivity index (χ1n) is 6.07. The van der Waals surface area contributed by atoms with Gasteiger partial charge in [-0.2, -0.15) is 18.6 Å². The van der Waals surface area contributed by atoms with Crippen LogP contribution in [-0.4, -0.2) is 18.1 Å². The van der Waals surface area contributed by atoms with Gasteiger partial charge < -0.3 is 5.11 Å². The summed E-state index contributed by atoms with van der Waals surface area (Å²) in [6, 6.07) is 8.56. The third-order valence-electron chi connectivity index (χ3n) is 2.88. The number of hydrogen-bond donors (Lipinski definition) is 2. The lowest BCUT2D eigenvalue weighted by Crippen LogP contribution is -1.96. The molecule has 7 heteroatoms. The third kappa shape index (κ3) is 3.65. The minimum atomic E-state index is -4.20. The van der Waals surface area contributed by atoms with Gasteiger partial charge in [-0.1, -0.05) is 0 Å². The van der Waals surface area contributed by atoms with Crippen LogP contribution < -0.4 is 0 Å². The number of benzene rings is 2. The molecule has 6 nitrogen and oxygen atoms in total. The van der Waals surface area contributed by atoms with Crippen molar-refractivity contribution in [3.05, 3.63) is 47.5 Å². The van der Waals surface area contributed by atoms with Gasteiger partial charge in [0.1, 0.15) is 5.75 Å². The van der Waals surface area contributed by atoms with Gasteiger partial charge in [-0.3, -0.25) is 4.55 Å². The average Bonchev–Trinajstić information content (AvgIpc) is 2.37. The number of aryl methyl sites for hydroxylation is 2. The second kappa shape index (κ2) is 5.63. The number of phenolic OH excluding ortho intramolecular Hbond substituents is 1. The predicted molar refractivity (Wildman–Crippen MR) is 78.0 cm³/mol. The molecule has 2 N–H and O–H groups in total. The number of rotatable bonds is 3. The summed E-state index contributed by atoms with van der Waals surface area (Å²) in [5, 5.41) is 17.6. The van der Waals surface area contributed by atoms with Gasteiger partial charge in [0.05, 0.1) is 16.3 Å². The van der Waals surface area contributed by atoms with E-state index in [1.165, 1.54) is 24.3 Å². The maximum Gasteiger partial charge on any atom is 0.294 e. The maximum atomic E-state index is 10.9. The molecular formula is C14H14N2O4S. The molecule has 0 unspecified atom stereocenters. The molecule has 2 aromatic rings. The molecule has 0 aromatic heterocycles. The van der Waals surface area contributed by atoms with E-state index in [-0.39, 0.29) is 10.6 Å². The summed E-state index contributed by atoms with van der Waals surface area (Å²) >= 11 is 0. The molecule has 110 valence electrons. The first kappa shape index (κ1) is 15.1. The summed E-state index contributed by atoms with van der Waals surface area (Å²) in [7, 11) is -4.20. The summed E-state index contributed by atoms with van der Waals surface area (Å²) in [5.74, 6) is 0.168. The van der Waals surface area contributed by atoms with Crippen molar-refractivity contribution < 1.29 is 18.1 Å². The molecule has 0 fully saturated rings. The zero-order valence-electron chi connectivity index (χ0n) is 11.5.